The van der Waals surface area contributed by atoms with Crippen molar-refractivity contribution >= 4 is 46.2 Å². The van der Waals surface area contributed by atoms with Crippen molar-refractivity contribution < 1.29 is 19.1 Å². The van der Waals surface area contributed by atoms with Gasteiger partial charge in [-0.25, -0.2) is 4.99 Å². The van der Waals surface area contributed by atoms with E-state index in [0.29, 0.717) is 24.0 Å². The molecular weight excluding hydrogens is 478 g/mol. The number of rotatable bonds is 8. The SMILES string of the molecule is O=C(CSC1=Nc2ccccc2C2=NC(=O)C(CCC(=O)NC3CCCCC3)N12)NCC1CCCO1. The minimum atomic E-state index is -0.605. The summed E-state index contributed by atoms with van der Waals surface area (Å²) in [5.74, 6) is 0.305. The second kappa shape index (κ2) is 11.6. The number of amides is 3. The van der Waals surface area contributed by atoms with Gasteiger partial charge < -0.3 is 15.4 Å². The van der Waals surface area contributed by atoms with Gasteiger partial charge in [0.05, 0.1) is 17.5 Å². The third-order valence-electron chi connectivity index (χ3n) is 7.11. The number of nitrogens with one attached hydrogen (secondary N) is 2. The number of amidine groups is 2. The molecule has 0 aromatic heterocycles. The minimum absolute atomic E-state index is 0.0276. The molecule has 0 spiro atoms. The molecule has 2 atom stereocenters. The highest BCUT2D eigenvalue weighted by Gasteiger charge is 2.41. The van der Waals surface area contributed by atoms with E-state index in [9.17, 15) is 14.4 Å². The molecule has 0 bridgehead atoms. The van der Waals surface area contributed by atoms with Gasteiger partial charge in [-0.1, -0.05) is 43.2 Å². The van der Waals surface area contributed by atoms with Crippen LogP contribution in [0.4, 0.5) is 5.69 Å². The number of hydrogen-bond donors (Lipinski definition) is 2. The van der Waals surface area contributed by atoms with Crippen LogP contribution in [0.1, 0.15) is 63.4 Å². The van der Waals surface area contributed by atoms with Crippen molar-refractivity contribution in [1.29, 1.82) is 0 Å². The Morgan fingerprint density at radius 2 is 1.89 bits per heavy atom. The molecule has 1 saturated carbocycles. The first-order valence-corrected chi connectivity index (χ1v) is 14.0. The lowest BCUT2D eigenvalue weighted by molar-refractivity contribution is -0.123. The highest BCUT2D eigenvalue weighted by atomic mass is 32.2. The molecule has 0 radical (unpaired) electrons. The van der Waals surface area contributed by atoms with E-state index in [-0.39, 0.29) is 42.0 Å². The van der Waals surface area contributed by atoms with Gasteiger partial charge in [0, 0.05) is 31.2 Å². The quantitative estimate of drug-likeness (QED) is 0.555. The van der Waals surface area contributed by atoms with Gasteiger partial charge in [-0.15, -0.1) is 0 Å². The summed E-state index contributed by atoms with van der Waals surface area (Å²) in [7, 11) is 0. The Hall–Kier alpha value is -2.72. The molecule has 1 aromatic rings. The van der Waals surface area contributed by atoms with E-state index in [4.69, 9.17) is 9.73 Å². The van der Waals surface area contributed by atoms with E-state index in [0.717, 1.165) is 56.4 Å². The second-order valence-electron chi connectivity index (χ2n) is 9.74. The Morgan fingerprint density at radius 3 is 2.69 bits per heavy atom. The van der Waals surface area contributed by atoms with Gasteiger partial charge in [-0.3, -0.25) is 19.3 Å². The highest BCUT2D eigenvalue weighted by Crippen LogP contribution is 2.35. The molecule has 3 amide bonds. The Bertz CT molecular complexity index is 1060. The molecule has 1 saturated heterocycles. The zero-order valence-corrected chi connectivity index (χ0v) is 21.2. The Kier molecular flexibility index (Phi) is 8.01. The van der Waals surface area contributed by atoms with E-state index in [1.54, 1.807) is 0 Å². The first-order chi connectivity index (χ1) is 17.6. The number of carbonyl (C=O) groups is 3. The smallest absolute Gasteiger partial charge is 0.270 e. The number of aliphatic imine (C=N–C) groups is 2. The summed E-state index contributed by atoms with van der Waals surface area (Å²) in [4.78, 5) is 49.1. The van der Waals surface area contributed by atoms with Gasteiger partial charge in [-0.05, 0) is 44.2 Å². The second-order valence-corrected chi connectivity index (χ2v) is 10.7. The largest absolute Gasteiger partial charge is 0.376 e. The summed E-state index contributed by atoms with van der Waals surface area (Å²) < 4.78 is 5.57. The number of fused-ring (bicyclic) bond motifs is 3. The van der Waals surface area contributed by atoms with Crippen LogP contribution in [-0.2, 0) is 19.1 Å². The van der Waals surface area contributed by atoms with Crippen LogP contribution in [0.5, 0.6) is 0 Å². The van der Waals surface area contributed by atoms with Crippen molar-refractivity contribution in [3.63, 3.8) is 0 Å². The predicted molar refractivity (Wildman–Crippen MR) is 139 cm³/mol. The molecule has 36 heavy (non-hydrogen) atoms. The number of thioether (sulfide) groups is 1. The highest BCUT2D eigenvalue weighted by molar-refractivity contribution is 8.14. The molecule has 10 heteroatoms. The molecule has 3 aliphatic heterocycles. The number of benzene rings is 1. The number of nitrogens with zero attached hydrogens (tertiary/aromatic N) is 3. The topological polar surface area (TPSA) is 112 Å². The Morgan fingerprint density at radius 1 is 1.06 bits per heavy atom. The van der Waals surface area contributed by atoms with Gasteiger partial charge in [-0.2, -0.15) is 4.99 Å². The lowest BCUT2D eigenvalue weighted by Gasteiger charge is -2.31. The average Bonchev–Trinajstić information content (AvgIpc) is 3.53. The molecule has 2 unspecified atom stereocenters. The zero-order valence-electron chi connectivity index (χ0n) is 20.4. The molecule has 192 valence electrons. The molecule has 3 heterocycles. The summed E-state index contributed by atoms with van der Waals surface area (Å²) in [5.41, 5.74) is 1.51. The van der Waals surface area contributed by atoms with Crippen LogP contribution < -0.4 is 10.6 Å². The summed E-state index contributed by atoms with van der Waals surface area (Å²) >= 11 is 1.29. The number of hydrogen-bond acceptors (Lipinski definition) is 7. The summed E-state index contributed by atoms with van der Waals surface area (Å²) in [6.07, 6.45) is 8.22. The van der Waals surface area contributed by atoms with Gasteiger partial charge >= 0.3 is 0 Å². The fourth-order valence-corrected chi connectivity index (χ4v) is 6.08. The summed E-state index contributed by atoms with van der Waals surface area (Å²) in [5, 5.41) is 6.62. The zero-order chi connectivity index (χ0) is 24.9. The van der Waals surface area contributed by atoms with E-state index in [1.807, 2.05) is 29.2 Å². The van der Waals surface area contributed by atoms with Crippen molar-refractivity contribution in [3.05, 3.63) is 29.8 Å². The van der Waals surface area contributed by atoms with Gasteiger partial charge in [0.15, 0.2) is 5.17 Å². The first kappa shape index (κ1) is 25.0. The summed E-state index contributed by atoms with van der Waals surface area (Å²) in [6, 6.07) is 7.18. The molecule has 4 aliphatic rings. The van der Waals surface area contributed by atoms with Gasteiger partial charge in [0.1, 0.15) is 11.9 Å². The number of para-hydroxylation sites is 1. The predicted octanol–water partition coefficient (Wildman–Crippen LogP) is 2.90. The molecule has 2 fully saturated rings. The van der Waals surface area contributed by atoms with E-state index in [2.05, 4.69) is 15.6 Å². The van der Waals surface area contributed by atoms with E-state index < -0.39 is 6.04 Å². The fourth-order valence-electron chi connectivity index (χ4n) is 5.20. The molecule has 1 aromatic carbocycles. The Labute approximate surface area is 215 Å². The third kappa shape index (κ3) is 5.81. The van der Waals surface area contributed by atoms with E-state index in [1.165, 1.54) is 18.2 Å². The maximum absolute atomic E-state index is 13.0. The van der Waals surface area contributed by atoms with Crippen LogP contribution in [-0.4, -0.2) is 70.7 Å². The van der Waals surface area contributed by atoms with E-state index >= 15 is 0 Å². The van der Waals surface area contributed by atoms with Crippen LogP contribution in [0.3, 0.4) is 0 Å². The fraction of sp³-hybridized carbons (Fsp3) is 0.577. The number of ether oxygens (including phenoxy) is 1. The van der Waals surface area contributed by atoms with Gasteiger partial charge in [0.2, 0.25) is 11.8 Å². The average molecular weight is 512 g/mol. The van der Waals surface area contributed by atoms with Crippen LogP contribution in [0.25, 0.3) is 0 Å². The molecule has 9 nitrogen and oxygen atoms in total. The van der Waals surface area contributed by atoms with Crippen LogP contribution >= 0.6 is 11.8 Å². The van der Waals surface area contributed by atoms with Crippen molar-refractivity contribution in [2.75, 3.05) is 18.9 Å². The van der Waals surface area contributed by atoms with Crippen molar-refractivity contribution in [2.45, 2.75) is 76.0 Å². The Balaban J connectivity index is 1.24. The van der Waals surface area contributed by atoms with Crippen molar-refractivity contribution in [2.24, 2.45) is 9.98 Å². The van der Waals surface area contributed by atoms with Crippen LogP contribution in [0, 0.1) is 0 Å². The third-order valence-corrected chi connectivity index (χ3v) is 8.06. The molecule has 1 aliphatic carbocycles. The first-order valence-electron chi connectivity index (χ1n) is 13.0. The molecule has 2 N–H and O–H groups in total. The lowest BCUT2D eigenvalue weighted by Crippen LogP contribution is -2.45. The lowest BCUT2D eigenvalue weighted by atomic mass is 9.95. The monoisotopic (exact) mass is 511 g/mol. The van der Waals surface area contributed by atoms with Crippen LogP contribution in [0.2, 0.25) is 0 Å². The minimum Gasteiger partial charge on any atom is -0.376 e. The molecular formula is C26H33N5O4S. The maximum Gasteiger partial charge on any atom is 0.270 e. The normalized spacial score (nSPS) is 23.6. The molecule has 5 rings (SSSR count). The van der Waals surface area contributed by atoms with Gasteiger partial charge in [0.25, 0.3) is 5.91 Å². The van der Waals surface area contributed by atoms with Crippen molar-refractivity contribution in [3.8, 4) is 0 Å². The summed E-state index contributed by atoms with van der Waals surface area (Å²) in [6.45, 7) is 1.25. The van der Waals surface area contributed by atoms with Crippen molar-refractivity contribution in [1.82, 2.24) is 15.5 Å². The van der Waals surface area contributed by atoms with Crippen LogP contribution in [0.15, 0.2) is 34.3 Å². The maximum atomic E-state index is 13.0. The number of carbonyl (C=O) groups excluding carboxylic acids is 3. The standard InChI is InChI=1S/C26H33N5O4S/c32-22(28-17-7-2-1-3-8-17)13-12-21-25(34)30-24-19-10-4-5-11-20(19)29-26(31(21)24)36-16-23(33)27-15-18-9-6-14-35-18/h4-5,10-11,17-18,21H,1-3,6-9,12-16H2,(H,27,33)(H,28,32).